The first-order valence-electron chi connectivity index (χ1n) is 6.08. The quantitative estimate of drug-likeness (QED) is 0.574. The van der Waals surface area contributed by atoms with E-state index in [9.17, 15) is 23.3 Å². The van der Waals surface area contributed by atoms with E-state index in [0.29, 0.717) is 4.47 Å². The van der Waals surface area contributed by atoms with Crippen molar-refractivity contribution in [3.63, 3.8) is 0 Å². The first-order valence-corrected chi connectivity index (χ1v) is 8.31. The molecule has 22 heavy (non-hydrogen) atoms. The lowest BCUT2D eigenvalue weighted by atomic mass is 10.3. The summed E-state index contributed by atoms with van der Waals surface area (Å²) in [5.41, 5.74) is 4.61. The number of benzene rings is 1. The molecule has 0 spiro atoms. The zero-order valence-electron chi connectivity index (χ0n) is 11.1. The summed E-state index contributed by atoms with van der Waals surface area (Å²) in [5.74, 6) is -0.872. The molecule has 0 saturated carbocycles. The molecule has 0 radical (unpaired) electrons. The van der Waals surface area contributed by atoms with E-state index in [1.54, 1.807) is 0 Å². The minimum absolute atomic E-state index is 0.0767. The standard InChI is InChI=1S/C11H12BrN3O6S/c12-7-1-2-10(8(5-7)15(17)18)22(19,20)14-3-4-21-6-9(14)11(13)16/h1-2,5,9H,3-4,6H2,(H2,13,16)/t9-/m1/s1. The van der Waals surface area contributed by atoms with Crippen molar-refractivity contribution in [2.75, 3.05) is 19.8 Å². The molecule has 2 N–H and O–H groups in total. The van der Waals surface area contributed by atoms with Crippen molar-refractivity contribution in [3.05, 3.63) is 32.8 Å². The number of amides is 1. The van der Waals surface area contributed by atoms with Crippen LogP contribution in [0.5, 0.6) is 0 Å². The van der Waals surface area contributed by atoms with Gasteiger partial charge in [-0.1, -0.05) is 15.9 Å². The monoisotopic (exact) mass is 393 g/mol. The van der Waals surface area contributed by atoms with Gasteiger partial charge in [-0.25, -0.2) is 8.42 Å². The Hall–Kier alpha value is -1.56. The van der Waals surface area contributed by atoms with Crippen molar-refractivity contribution in [2.45, 2.75) is 10.9 Å². The highest BCUT2D eigenvalue weighted by atomic mass is 79.9. The third-order valence-corrected chi connectivity index (χ3v) is 5.56. The summed E-state index contributed by atoms with van der Waals surface area (Å²) in [5, 5.41) is 11.1. The minimum Gasteiger partial charge on any atom is -0.378 e. The predicted molar refractivity (Wildman–Crippen MR) is 78.5 cm³/mol. The average molecular weight is 394 g/mol. The SMILES string of the molecule is NC(=O)[C@H]1COCCN1S(=O)(=O)c1ccc(Br)cc1[N+](=O)[O-]. The smallest absolute Gasteiger partial charge is 0.290 e. The molecule has 0 aromatic heterocycles. The Kier molecular flexibility index (Phi) is 4.80. The second-order valence-corrected chi connectivity index (χ2v) is 7.25. The van der Waals surface area contributed by atoms with Gasteiger partial charge in [-0.15, -0.1) is 0 Å². The van der Waals surface area contributed by atoms with E-state index in [1.807, 2.05) is 0 Å². The van der Waals surface area contributed by atoms with Crippen LogP contribution in [-0.4, -0.2) is 49.4 Å². The van der Waals surface area contributed by atoms with Gasteiger partial charge in [-0.05, 0) is 12.1 Å². The molecule has 0 unspecified atom stereocenters. The fraction of sp³-hybridized carbons (Fsp3) is 0.364. The molecule has 1 aromatic carbocycles. The third kappa shape index (κ3) is 3.11. The summed E-state index contributed by atoms with van der Waals surface area (Å²) >= 11 is 3.06. The summed E-state index contributed by atoms with van der Waals surface area (Å²) in [4.78, 5) is 21.2. The molecule has 2 rings (SSSR count). The Balaban J connectivity index is 2.54. The molecule has 1 atom stereocenters. The molecule has 11 heteroatoms. The molecule has 1 amide bonds. The van der Waals surface area contributed by atoms with E-state index < -0.39 is 37.5 Å². The number of rotatable bonds is 4. The van der Waals surface area contributed by atoms with Crippen LogP contribution < -0.4 is 5.73 Å². The third-order valence-electron chi connectivity index (χ3n) is 3.11. The number of hydrogen-bond donors (Lipinski definition) is 1. The van der Waals surface area contributed by atoms with Gasteiger partial charge in [0.1, 0.15) is 6.04 Å². The van der Waals surface area contributed by atoms with Crippen LogP contribution >= 0.6 is 15.9 Å². The lowest BCUT2D eigenvalue weighted by Gasteiger charge is -2.32. The Morgan fingerprint density at radius 3 is 2.77 bits per heavy atom. The highest BCUT2D eigenvalue weighted by molar-refractivity contribution is 9.10. The summed E-state index contributed by atoms with van der Waals surface area (Å²) in [7, 11) is -4.26. The number of sulfonamides is 1. The molecular formula is C11H12BrN3O6S. The number of hydrogen-bond acceptors (Lipinski definition) is 6. The topological polar surface area (TPSA) is 133 Å². The summed E-state index contributed by atoms with van der Waals surface area (Å²) < 4.78 is 31.6. The van der Waals surface area contributed by atoms with Gasteiger partial charge in [0.25, 0.3) is 15.7 Å². The van der Waals surface area contributed by atoms with Gasteiger partial charge in [-0.3, -0.25) is 14.9 Å². The number of nitrogens with two attached hydrogens (primary N) is 1. The fourth-order valence-corrected chi connectivity index (χ4v) is 4.13. The fourth-order valence-electron chi connectivity index (χ4n) is 2.08. The van der Waals surface area contributed by atoms with Crippen molar-refractivity contribution in [3.8, 4) is 0 Å². The van der Waals surface area contributed by atoms with E-state index in [-0.39, 0.29) is 19.8 Å². The number of nitrogens with zero attached hydrogens (tertiary/aromatic N) is 2. The number of halogens is 1. The summed E-state index contributed by atoms with van der Waals surface area (Å²) in [6, 6.07) is 2.39. The molecule has 1 fully saturated rings. The van der Waals surface area contributed by atoms with E-state index in [1.165, 1.54) is 6.07 Å². The van der Waals surface area contributed by atoms with Crippen LogP contribution in [0.2, 0.25) is 0 Å². The van der Waals surface area contributed by atoms with Crippen molar-refractivity contribution >= 4 is 37.5 Å². The van der Waals surface area contributed by atoms with Gasteiger partial charge in [0.05, 0.1) is 18.1 Å². The van der Waals surface area contributed by atoms with Crippen LogP contribution in [0, 0.1) is 10.1 Å². The minimum atomic E-state index is -4.26. The highest BCUT2D eigenvalue weighted by Gasteiger charge is 2.40. The Morgan fingerprint density at radius 2 is 2.18 bits per heavy atom. The van der Waals surface area contributed by atoms with Crippen LogP contribution in [-0.2, 0) is 19.6 Å². The number of primary amides is 1. The largest absolute Gasteiger partial charge is 0.378 e. The number of nitro groups is 1. The van der Waals surface area contributed by atoms with Crippen molar-refractivity contribution in [1.29, 1.82) is 0 Å². The molecule has 1 aliphatic heterocycles. The first kappa shape index (κ1) is 16.8. The molecule has 120 valence electrons. The molecular weight excluding hydrogens is 382 g/mol. The van der Waals surface area contributed by atoms with Crippen LogP contribution in [0.3, 0.4) is 0 Å². The van der Waals surface area contributed by atoms with Gasteiger partial charge in [0.15, 0.2) is 4.90 Å². The van der Waals surface area contributed by atoms with E-state index in [0.717, 1.165) is 16.4 Å². The summed E-state index contributed by atoms with van der Waals surface area (Å²) in [6.45, 7) is -0.213. The summed E-state index contributed by atoms with van der Waals surface area (Å²) in [6.07, 6.45) is 0. The van der Waals surface area contributed by atoms with E-state index in [4.69, 9.17) is 10.5 Å². The zero-order valence-corrected chi connectivity index (χ0v) is 13.5. The molecule has 9 nitrogen and oxygen atoms in total. The molecule has 1 saturated heterocycles. The Labute approximate surface area is 134 Å². The average Bonchev–Trinajstić information content (AvgIpc) is 2.46. The van der Waals surface area contributed by atoms with Gasteiger partial charge in [-0.2, -0.15) is 4.31 Å². The van der Waals surface area contributed by atoms with Crippen molar-refractivity contribution < 1.29 is 22.9 Å². The normalized spacial score (nSPS) is 19.8. The van der Waals surface area contributed by atoms with Crippen molar-refractivity contribution in [1.82, 2.24) is 4.31 Å². The number of nitro benzene ring substituents is 1. The lowest BCUT2D eigenvalue weighted by Crippen LogP contribution is -2.54. The Morgan fingerprint density at radius 1 is 1.50 bits per heavy atom. The maximum absolute atomic E-state index is 12.7. The van der Waals surface area contributed by atoms with Crippen LogP contribution in [0.25, 0.3) is 0 Å². The van der Waals surface area contributed by atoms with E-state index in [2.05, 4.69) is 15.9 Å². The van der Waals surface area contributed by atoms with Crippen LogP contribution in [0.1, 0.15) is 0 Å². The molecule has 0 aliphatic carbocycles. The number of carbonyl (C=O) groups excluding carboxylic acids is 1. The second-order valence-electron chi connectivity index (χ2n) is 4.48. The van der Waals surface area contributed by atoms with Crippen LogP contribution in [0.4, 0.5) is 5.69 Å². The molecule has 1 heterocycles. The predicted octanol–water partition coefficient (Wildman–Crippen LogP) is 0.232. The van der Waals surface area contributed by atoms with Gasteiger partial charge in [0, 0.05) is 17.1 Å². The second kappa shape index (κ2) is 6.28. The number of morpholine rings is 1. The molecule has 1 aliphatic rings. The molecule has 1 aromatic rings. The Bertz CT molecular complexity index is 723. The van der Waals surface area contributed by atoms with Gasteiger partial charge in [0.2, 0.25) is 5.91 Å². The van der Waals surface area contributed by atoms with Crippen molar-refractivity contribution in [2.24, 2.45) is 5.73 Å². The molecule has 0 bridgehead atoms. The zero-order chi connectivity index (χ0) is 16.5. The van der Waals surface area contributed by atoms with E-state index >= 15 is 0 Å². The first-order chi connectivity index (χ1) is 10.2. The number of ether oxygens (including phenoxy) is 1. The lowest BCUT2D eigenvalue weighted by molar-refractivity contribution is -0.388. The highest BCUT2D eigenvalue weighted by Crippen LogP contribution is 2.31. The van der Waals surface area contributed by atoms with Gasteiger partial charge < -0.3 is 10.5 Å². The maximum atomic E-state index is 12.7. The number of carbonyl (C=O) groups is 1. The maximum Gasteiger partial charge on any atom is 0.290 e. The van der Waals surface area contributed by atoms with Gasteiger partial charge >= 0.3 is 0 Å². The van der Waals surface area contributed by atoms with Crippen LogP contribution in [0.15, 0.2) is 27.6 Å².